The van der Waals surface area contributed by atoms with E-state index in [1.807, 2.05) is 0 Å². The van der Waals surface area contributed by atoms with E-state index in [-0.39, 0.29) is 0 Å². The van der Waals surface area contributed by atoms with E-state index in [1.165, 1.54) is 99.1 Å². The van der Waals surface area contributed by atoms with Gasteiger partial charge in [0, 0.05) is 0 Å². The molecule has 54 heavy (non-hydrogen) atoms. The maximum Gasteiger partial charge on any atom is -0.000139 e. The molecule has 0 heterocycles. The van der Waals surface area contributed by atoms with Crippen LogP contribution in [0.25, 0.3) is 76.8 Å². The van der Waals surface area contributed by atoms with Crippen LogP contribution < -0.4 is 0 Å². The van der Waals surface area contributed by atoms with Crippen molar-refractivity contribution in [1.29, 1.82) is 0 Å². The van der Waals surface area contributed by atoms with Gasteiger partial charge in [-0.2, -0.15) is 0 Å². The lowest BCUT2D eigenvalue weighted by molar-refractivity contribution is 0.867. The fraction of sp³-hybridized carbons (Fsp3) is 0.222. The van der Waals surface area contributed by atoms with Crippen LogP contribution in [0, 0.1) is 0 Å². The predicted octanol–water partition coefficient (Wildman–Crippen LogP) is 16.3. The van der Waals surface area contributed by atoms with Crippen molar-refractivity contribution in [2.24, 2.45) is 0 Å². The zero-order chi connectivity index (χ0) is 37.7. The molecule has 0 unspecified atom stereocenters. The van der Waals surface area contributed by atoms with Crippen LogP contribution in [-0.4, -0.2) is 0 Å². The highest BCUT2D eigenvalue weighted by Gasteiger charge is 2.26. The Morgan fingerprint density at radius 1 is 0.241 bits per heavy atom. The van der Waals surface area contributed by atoms with Gasteiger partial charge in [0.15, 0.2) is 0 Å². The maximum absolute atomic E-state index is 2.37. The Hall–Kier alpha value is -5.46. The van der Waals surface area contributed by atoms with Gasteiger partial charge >= 0.3 is 0 Å². The van der Waals surface area contributed by atoms with Crippen molar-refractivity contribution in [2.45, 2.75) is 79.1 Å². The normalized spacial score (nSPS) is 12.0. The first-order valence-corrected chi connectivity index (χ1v) is 20.0. The fourth-order valence-corrected chi connectivity index (χ4v) is 8.47. The quantitative estimate of drug-likeness (QED) is 0.138. The number of hydrogen-bond acceptors (Lipinski definition) is 0. The fourth-order valence-electron chi connectivity index (χ4n) is 8.47. The van der Waals surface area contributed by atoms with Crippen molar-refractivity contribution < 1.29 is 0 Å². The van der Waals surface area contributed by atoms with Gasteiger partial charge in [-0.1, -0.05) is 201 Å². The number of benzene rings is 8. The van der Waals surface area contributed by atoms with Crippen LogP contribution in [0.3, 0.4) is 0 Å². The van der Waals surface area contributed by atoms with Gasteiger partial charge in [-0.3, -0.25) is 0 Å². The predicted molar refractivity (Wildman–Crippen MR) is 237 cm³/mol. The van der Waals surface area contributed by atoms with Crippen molar-refractivity contribution in [3.05, 3.63) is 168 Å². The summed E-state index contributed by atoms with van der Waals surface area (Å²) in [7, 11) is 0. The minimum absolute atomic E-state index is 0.461. The molecule has 0 bridgehead atoms. The molecule has 0 saturated carbocycles. The SMILES string of the molecule is CC(C)c1ccc(-c2c3ccccc3c(-c3ccc(C(C)C)cc3)c3c(-c4ccc(C(C)C)cc4)c4ccccc4c(-c4ccc(C(C)C)cc4)c23)cc1. The van der Waals surface area contributed by atoms with Crippen molar-refractivity contribution in [1.82, 2.24) is 0 Å². The number of rotatable bonds is 8. The van der Waals surface area contributed by atoms with E-state index < -0.39 is 0 Å². The largest absolute Gasteiger partial charge is 0.0616 e. The molecule has 0 aromatic heterocycles. The monoisotopic (exact) mass is 700 g/mol. The van der Waals surface area contributed by atoms with Crippen LogP contribution in [-0.2, 0) is 0 Å². The van der Waals surface area contributed by atoms with Crippen LogP contribution in [0.4, 0.5) is 0 Å². The Labute approximate surface area is 322 Å². The summed E-state index contributed by atoms with van der Waals surface area (Å²) in [5, 5.41) is 7.74. The summed E-state index contributed by atoms with van der Waals surface area (Å²) < 4.78 is 0. The van der Waals surface area contributed by atoms with Crippen LogP contribution in [0.5, 0.6) is 0 Å². The number of hydrogen-bond donors (Lipinski definition) is 0. The maximum atomic E-state index is 2.37. The van der Waals surface area contributed by atoms with Gasteiger partial charge in [0.25, 0.3) is 0 Å². The van der Waals surface area contributed by atoms with Crippen molar-refractivity contribution in [3.63, 3.8) is 0 Å². The summed E-state index contributed by atoms with van der Waals surface area (Å²) in [6, 6.07) is 55.9. The van der Waals surface area contributed by atoms with Gasteiger partial charge in [-0.25, -0.2) is 0 Å². The van der Waals surface area contributed by atoms with E-state index in [1.54, 1.807) is 0 Å². The van der Waals surface area contributed by atoms with Gasteiger partial charge < -0.3 is 0 Å². The van der Waals surface area contributed by atoms with E-state index in [2.05, 4.69) is 201 Å². The Morgan fingerprint density at radius 3 is 0.593 bits per heavy atom. The molecule has 8 rings (SSSR count). The Balaban J connectivity index is 1.66. The molecule has 0 radical (unpaired) electrons. The first kappa shape index (κ1) is 35.6. The smallest absolute Gasteiger partial charge is 0.000139 e. The summed E-state index contributed by atoms with van der Waals surface area (Å²) in [6.45, 7) is 18.2. The van der Waals surface area contributed by atoms with Crippen LogP contribution in [0.2, 0.25) is 0 Å². The molecule has 0 saturated heterocycles. The van der Waals surface area contributed by atoms with Crippen molar-refractivity contribution in [2.75, 3.05) is 0 Å². The summed E-state index contributed by atoms with van der Waals surface area (Å²) in [4.78, 5) is 0. The molecule has 0 fully saturated rings. The Morgan fingerprint density at radius 2 is 0.426 bits per heavy atom. The van der Waals surface area contributed by atoms with Crippen LogP contribution in [0.15, 0.2) is 146 Å². The second-order valence-corrected chi connectivity index (χ2v) is 16.4. The summed E-state index contributed by atoms with van der Waals surface area (Å²) in [5.41, 5.74) is 15.6. The molecule has 0 aliphatic carbocycles. The highest BCUT2D eigenvalue weighted by Crippen LogP contribution is 2.53. The molecule has 8 aromatic carbocycles. The topological polar surface area (TPSA) is 0 Å². The highest BCUT2D eigenvalue weighted by molar-refractivity contribution is 6.33. The molecule has 8 aromatic rings. The van der Waals surface area contributed by atoms with Crippen LogP contribution >= 0.6 is 0 Å². The third-order valence-corrected chi connectivity index (χ3v) is 11.6. The standard InChI is InChI=1S/C54H52/c1-33(2)37-17-25-41(26-18-37)49-45-13-9-10-14-46(45)51(43-29-21-39(22-30-43)35(5)6)54-52(44-31-23-40(24-32-44)36(7)8)48-16-12-11-15-47(48)50(53(49)54)42-27-19-38(20-28-42)34(3)4/h9-36H,1-8H3. The minimum Gasteiger partial charge on any atom is -0.0616 e. The van der Waals surface area contributed by atoms with Gasteiger partial charge in [0.05, 0.1) is 0 Å². The van der Waals surface area contributed by atoms with E-state index in [0.29, 0.717) is 23.7 Å². The Bertz CT molecular complexity index is 2230. The molecule has 0 aliphatic heterocycles. The van der Waals surface area contributed by atoms with Crippen molar-refractivity contribution in [3.8, 4) is 44.5 Å². The number of fused-ring (bicyclic) bond motifs is 3. The minimum atomic E-state index is 0.461. The average molecular weight is 701 g/mol. The van der Waals surface area contributed by atoms with E-state index in [0.717, 1.165) is 0 Å². The van der Waals surface area contributed by atoms with E-state index >= 15 is 0 Å². The lowest BCUT2D eigenvalue weighted by Crippen LogP contribution is -1.99. The molecule has 0 amide bonds. The summed E-state index contributed by atoms with van der Waals surface area (Å²) in [5.74, 6) is 1.84. The zero-order valence-electron chi connectivity index (χ0n) is 33.2. The second-order valence-electron chi connectivity index (χ2n) is 16.4. The lowest BCUT2D eigenvalue weighted by Gasteiger charge is -2.26. The molecule has 0 heteroatoms. The van der Waals surface area contributed by atoms with E-state index in [4.69, 9.17) is 0 Å². The molecule has 0 spiro atoms. The summed E-state index contributed by atoms with van der Waals surface area (Å²) in [6.07, 6.45) is 0. The third-order valence-electron chi connectivity index (χ3n) is 11.6. The van der Waals surface area contributed by atoms with Gasteiger partial charge in [0.1, 0.15) is 0 Å². The lowest BCUT2D eigenvalue weighted by atomic mass is 9.77. The first-order valence-electron chi connectivity index (χ1n) is 20.0. The molecule has 268 valence electrons. The van der Waals surface area contributed by atoms with Gasteiger partial charge in [-0.05, 0) is 123 Å². The molecular formula is C54H52. The summed E-state index contributed by atoms with van der Waals surface area (Å²) >= 11 is 0. The van der Waals surface area contributed by atoms with Gasteiger partial charge in [-0.15, -0.1) is 0 Å². The highest BCUT2D eigenvalue weighted by atomic mass is 14.3. The van der Waals surface area contributed by atoms with Crippen LogP contribution in [0.1, 0.15) is 101 Å². The average Bonchev–Trinajstić information content (AvgIpc) is 3.19. The molecule has 0 N–H and O–H groups in total. The molecule has 0 nitrogen and oxygen atoms in total. The third kappa shape index (κ3) is 6.22. The van der Waals surface area contributed by atoms with Crippen molar-refractivity contribution >= 4 is 32.3 Å². The van der Waals surface area contributed by atoms with Gasteiger partial charge in [0.2, 0.25) is 0 Å². The first-order chi connectivity index (χ1) is 26.1. The van der Waals surface area contributed by atoms with E-state index in [9.17, 15) is 0 Å². The second kappa shape index (κ2) is 14.4. The molecular weight excluding hydrogens is 649 g/mol. The zero-order valence-corrected chi connectivity index (χ0v) is 33.2. The molecule has 0 atom stereocenters. The molecule has 0 aliphatic rings. The Kier molecular flexibility index (Phi) is 9.49.